The topological polar surface area (TPSA) is 52.5 Å². The smallest absolute Gasteiger partial charge is 0.336 e. The predicted molar refractivity (Wildman–Crippen MR) is 45.6 cm³/mol. The van der Waals surface area contributed by atoms with Crippen LogP contribution >= 0.6 is 0 Å². The van der Waals surface area contributed by atoms with E-state index in [1.165, 1.54) is 0 Å². The molecule has 70 valence electrons. The van der Waals surface area contributed by atoms with Crippen LogP contribution in [-0.4, -0.2) is 9.97 Å². The fourth-order valence-electron chi connectivity index (χ4n) is 1.15. The van der Waals surface area contributed by atoms with Crippen LogP contribution in [0.5, 0.6) is 0 Å². The number of hydrogen-bond donors (Lipinski definition) is 1. The van der Waals surface area contributed by atoms with E-state index in [9.17, 15) is 8.78 Å². The average molecular weight is 193 g/mol. The van der Waals surface area contributed by atoms with Crippen molar-refractivity contribution >= 4 is 11.0 Å². The van der Waals surface area contributed by atoms with Crippen molar-refractivity contribution in [3.63, 3.8) is 0 Å². The predicted octanol–water partition coefficient (Wildman–Crippen LogP) is 2.18. The molecule has 0 saturated heterocycles. The van der Waals surface area contributed by atoms with Gasteiger partial charge in [0.1, 0.15) is 6.07 Å². The van der Waals surface area contributed by atoms with Gasteiger partial charge in [0.25, 0.3) is 0 Å². The number of rotatable bonds is 1. The molecule has 3 nitrogen and oxygen atoms in total. The number of para-hydroxylation sites is 2. The summed E-state index contributed by atoms with van der Waals surface area (Å²) in [5.41, 5.74) is 0.926. The van der Waals surface area contributed by atoms with Crippen LogP contribution < -0.4 is 0 Å². The first kappa shape index (κ1) is 8.63. The Morgan fingerprint density at radius 3 is 2.71 bits per heavy atom. The number of hydrogen-bond acceptors (Lipinski definition) is 2. The van der Waals surface area contributed by atoms with Crippen molar-refractivity contribution < 1.29 is 8.78 Å². The number of imidazole rings is 1. The summed E-state index contributed by atoms with van der Waals surface area (Å²) in [7, 11) is 0. The minimum Gasteiger partial charge on any atom is -0.336 e. The highest BCUT2D eigenvalue weighted by atomic mass is 19.3. The molecule has 5 heteroatoms. The minimum atomic E-state index is -3.56. The highest BCUT2D eigenvalue weighted by Gasteiger charge is 2.34. The maximum absolute atomic E-state index is 12.9. The van der Waals surface area contributed by atoms with Gasteiger partial charge in [0.15, 0.2) is 5.82 Å². The van der Waals surface area contributed by atoms with Crippen LogP contribution in [0.3, 0.4) is 0 Å². The molecular weight excluding hydrogens is 188 g/mol. The highest BCUT2D eigenvalue weighted by Crippen LogP contribution is 2.25. The van der Waals surface area contributed by atoms with Gasteiger partial charge in [-0.15, -0.1) is 0 Å². The van der Waals surface area contributed by atoms with E-state index in [-0.39, 0.29) is 0 Å². The Morgan fingerprint density at radius 2 is 2.07 bits per heavy atom. The molecule has 0 aliphatic heterocycles. The molecule has 14 heavy (non-hydrogen) atoms. The SMILES string of the molecule is N#CC(F)(F)c1nc2ccccc2[nH]1. The van der Waals surface area contributed by atoms with Crippen LogP contribution in [0.4, 0.5) is 8.78 Å². The summed E-state index contributed by atoms with van der Waals surface area (Å²) in [6, 6.07) is 7.51. The van der Waals surface area contributed by atoms with Gasteiger partial charge < -0.3 is 4.98 Å². The second-order valence-corrected chi connectivity index (χ2v) is 2.79. The molecule has 0 bridgehead atoms. The van der Waals surface area contributed by atoms with Crippen LogP contribution in [0.15, 0.2) is 24.3 Å². The Balaban J connectivity index is 2.62. The van der Waals surface area contributed by atoms with Gasteiger partial charge >= 0.3 is 5.92 Å². The molecule has 0 unspecified atom stereocenters. The summed E-state index contributed by atoms with van der Waals surface area (Å²) in [4.78, 5) is 6.03. The summed E-state index contributed by atoms with van der Waals surface area (Å²) in [6.45, 7) is 0. The quantitative estimate of drug-likeness (QED) is 0.754. The Labute approximate surface area is 78.0 Å². The van der Waals surface area contributed by atoms with Gasteiger partial charge in [-0.3, -0.25) is 0 Å². The van der Waals surface area contributed by atoms with Gasteiger partial charge in [-0.05, 0) is 12.1 Å². The van der Waals surface area contributed by atoms with E-state index in [1.54, 1.807) is 24.3 Å². The summed E-state index contributed by atoms with van der Waals surface area (Å²) in [6.07, 6.45) is 0. The van der Waals surface area contributed by atoms with Gasteiger partial charge in [-0.2, -0.15) is 14.0 Å². The van der Waals surface area contributed by atoms with Crippen molar-refractivity contribution in [1.82, 2.24) is 9.97 Å². The number of benzene rings is 1. The normalized spacial score (nSPS) is 11.5. The number of nitrogens with one attached hydrogen (secondary N) is 1. The number of fused-ring (bicyclic) bond motifs is 1. The number of aromatic amines is 1. The van der Waals surface area contributed by atoms with E-state index in [0.717, 1.165) is 6.07 Å². The Kier molecular flexibility index (Phi) is 1.71. The maximum atomic E-state index is 12.9. The summed E-state index contributed by atoms with van der Waals surface area (Å²) >= 11 is 0. The summed E-state index contributed by atoms with van der Waals surface area (Å²) in [5, 5.41) is 8.21. The van der Waals surface area contributed by atoms with E-state index >= 15 is 0 Å². The number of aromatic nitrogens is 2. The fourth-order valence-corrected chi connectivity index (χ4v) is 1.15. The number of halogens is 2. The molecule has 1 aromatic heterocycles. The minimum absolute atomic E-state index is 0.428. The van der Waals surface area contributed by atoms with Crippen LogP contribution in [0.25, 0.3) is 11.0 Å². The Bertz CT molecular complexity index is 477. The van der Waals surface area contributed by atoms with E-state index in [0.29, 0.717) is 11.0 Å². The number of nitrogens with zero attached hydrogens (tertiary/aromatic N) is 2. The van der Waals surface area contributed by atoms with Crippen molar-refractivity contribution in [3.05, 3.63) is 30.1 Å². The zero-order valence-corrected chi connectivity index (χ0v) is 6.96. The number of nitriles is 1. The molecule has 0 fully saturated rings. The zero-order chi connectivity index (χ0) is 10.2. The molecule has 0 amide bonds. The fraction of sp³-hybridized carbons (Fsp3) is 0.111. The lowest BCUT2D eigenvalue weighted by atomic mass is 10.3. The van der Waals surface area contributed by atoms with Gasteiger partial charge in [-0.25, -0.2) is 4.98 Å². The lowest BCUT2D eigenvalue weighted by Gasteiger charge is -2.00. The zero-order valence-electron chi connectivity index (χ0n) is 6.96. The molecule has 0 atom stereocenters. The molecule has 1 N–H and O–H groups in total. The number of H-pyrrole nitrogens is 1. The van der Waals surface area contributed by atoms with E-state index in [1.807, 2.05) is 0 Å². The van der Waals surface area contributed by atoms with Crippen LogP contribution in [0, 0.1) is 11.3 Å². The lowest BCUT2D eigenvalue weighted by Crippen LogP contribution is -2.11. The van der Waals surface area contributed by atoms with E-state index in [2.05, 4.69) is 9.97 Å². The maximum Gasteiger partial charge on any atom is 0.388 e. The van der Waals surface area contributed by atoms with Gasteiger partial charge in [0.05, 0.1) is 11.0 Å². The summed E-state index contributed by atoms with van der Waals surface area (Å²) in [5.74, 6) is -4.17. The molecule has 1 heterocycles. The molecule has 2 aromatic rings. The standard InChI is InChI=1S/C9H5F2N3/c10-9(11,5-12)8-13-6-3-1-2-4-7(6)14-8/h1-4H,(H,13,14). The second-order valence-electron chi connectivity index (χ2n) is 2.79. The first-order valence-corrected chi connectivity index (χ1v) is 3.88. The summed E-state index contributed by atoms with van der Waals surface area (Å²) < 4.78 is 25.7. The first-order valence-electron chi connectivity index (χ1n) is 3.88. The van der Waals surface area contributed by atoms with Crippen molar-refractivity contribution in [2.24, 2.45) is 0 Å². The van der Waals surface area contributed by atoms with Gasteiger partial charge in [-0.1, -0.05) is 12.1 Å². The lowest BCUT2D eigenvalue weighted by molar-refractivity contribution is 0.0523. The van der Waals surface area contributed by atoms with Crippen molar-refractivity contribution in [1.29, 1.82) is 5.26 Å². The van der Waals surface area contributed by atoms with Crippen molar-refractivity contribution in [2.45, 2.75) is 5.92 Å². The monoisotopic (exact) mass is 193 g/mol. The van der Waals surface area contributed by atoms with Crippen molar-refractivity contribution in [2.75, 3.05) is 0 Å². The molecule has 0 spiro atoms. The molecular formula is C9H5F2N3. The third-order valence-corrected chi connectivity index (χ3v) is 1.83. The molecule has 0 aliphatic carbocycles. The Morgan fingerprint density at radius 1 is 1.36 bits per heavy atom. The number of alkyl halides is 2. The van der Waals surface area contributed by atoms with Crippen LogP contribution in [-0.2, 0) is 5.92 Å². The highest BCUT2D eigenvalue weighted by molar-refractivity contribution is 5.74. The molecule has 2 rings (SSSR count). The second kappa shape index (κ2) is 2.77. The molecule has 0 aliphatic rings. The average Bonchev–Trinajstić information content (AvgIpc) is 2.61. The molecule has 1 aromatic carbocycles. The molecule has 0 radical (unpaired) electrons. The van der Waals surface area contributed by atoms with Gasteiger partial charge in [0.2, 0.25) is 0 Å². The van der Waals surface area contributed by atoms with Crippen LogP contribution in [0.2, 0.25) is 0 Å². The third-order valence-electron chi connectivity index (χ3n) is 1.83. The Hall–Kier alpha value is -1.96. The third kappa shape index (κ3) is 1.21. The molecule has 0 saturated carbocycles. The largest absolute Gasteiger partial charge is 0.388 e. The van der Waals surface area contributed by atoms with Crippen LogP contribution in [0.1, 0.15) is 5.82 Å². The van der Waals surface area contributed by atoms with E-state index < -0.39 is 11.7 Å². The van der Waals surface area contributed by atoms with Gasteiger partial charge in [0, 0.05) is 0 Å². The van der Waals surface area contributed by atoms with E-state index in [4.69, 9.17) is 5.26 Å². The first-order chi connectivity index (χ1) is 6.63. The van der Waals surface area contributed by atoms with Crippen molar-refractivity contribution in [3.8, 4) is 6.07 Å².